The largest absolute Gasteiger partial charge is 0.416 e. The molecule has 0 aromatic heterocycles. The van der Waals surface area contributed by atoms with Crippen molar-refractivity contribution in [1.82, 2.24) is 4.90 Å². The fourth-order valence-electron chi connectivity index (χ4n) is 5.61. The third-order valence-corrected chi connectivity index (χ3v) is 7.66. The maximum absolute atomic E-state index is 13.7. The van der Waals surface area contributed by atoms with Crippen LogP contribution < -0.4 is 9.80 Å². The van der Waals surface area contributed by atoms with Crippen LogP contribution in [0.3, 0.4) is 0 Å². The second kappa shape index (κ2) is 11.7. The zero-order valence-corrected chi connectivity index (χ0v) is 22.4. The average molecular weight is 548 g/mol. The summed E-state index contributed by atoms with van der Waals surface area (Å²) in [6.07, 6.45) is 0.593. The van der Waals surface area contributed by atoms with Crippen LogP contribution in [0.5, 0.6) is 0 Å². The molecule has 0 N–H and O–H groups in total. The zero-order valence-electron chi connectivity index (χ0n) is 22.4. The Labute approximate surface area is 232 Å². The van der Waals surface area contributed by atoms with Gasteiger partial charge in [0.25, 0.3) is 5.91 Å². The summed E-state index contributed by atoms with van der Waals surface area (Å²) in [6.45, 7) is 4.60. The SMILES string of the molecule is CC(=O)N1CCc2ccc(N(C(=O)C=Cc3cccc(C(F)(F)F)c3)C3CCN(Cc4ccccc4)CC3)cc21. The number of hydrogen-bond donors (Lipinski definition) is 0. The second-order valence-electron chi connectivity index (χ2n) is 10.4. The third-order valence-electron chi connectivity index (χ3n) is 7.66. The van der Waals surface area contributed by atoms with Gasteiger partial charge in [-0.2, -0.15) is 13.2 Å². The summed E-state index contributed by atoms with van der Waals surface area (Å²) in [5, 5.41) is 0. The lowest BCUT2D eigenvalue weighted by atomic mass is 10.0. The van der Waals surface area contributed by atoms with Crippen molar-refractivity contribution in [3.05, 3.63) is 101 Å². The smallest absolute Gasteiger partial charge is 0.312 e. The van der Waals surface area contributed by atoms with Gasteiger partial charge in [-0.1, -0.05) is 48.5 Å². The Morgan fingerprint density at radius 2 is 1.70 bits per heavy atom. The molecule has 0 aliphatic carbocycles. The first kappa shape index (κ1) is 27.6. The molecular weight excluding hydrogens is 515 g/mol. The average Bonchev–Trinajstić information content (AvgIpc) is 3.37. The van der Waals surface area contributed by atoms with Gasteiger partial charge in [0.05, 0.1) is 5.56 Å². The van der Waals surface area contributed by atoms with E-state index in [1.54, 1.807) is 15.9 Å². The summed E-state index contributed by atoms with van der Waals surface area (Å²) in [7, 11) is 0. The Bertz CT molecular complexity index is 1400. The molecule has 0 unspecified atom stereocenters. The summed E-state index contributed by atoms with van der Waals surface area (Å²) in [5.74, 6) is -0.348. The van der Waals surface area contributed by atoms with Crippen molar-refractivity contribution < 1.29 is 22.8 Å². The van der Waals surface area contributed by atoms with Crippen molar-refractivity contribution in [1.29, 1.82) is 0 Å². The van der Waals surface area contributed by atoms with Crippen LogP contribution in [-0.4, -0.2) is 42.4 Å². The van der Waals surface area contributed by atoms with E-state index in [2.05, 4.69) is 17.0 Å². The van der Waals surface area contributed by atoms with Gasteiger partial charge >= 0.3 is 6.18 Å². The van der Waals surface area contributed by atoms with Crippen molar-refractivity contribution in [3.8, 4) is 0 Å². The van der Waals surface area contributed by atoms with Gasteiger partial charge in [0.1, 0.15) is 0 Å². The lowest BCUT2D eigenvalue weighted by Gasteiger charge is -2.38. The normalized spacial score (nSPS) is 16.4. The molecule has 0 saturated carbocycles. The van der Waals surface area contributed by atoms with Gasteiger partial charge in [0.15, 0.2) is 0 Å². The Morgan fingerprint density at radius 3 is 2.40 bits per heavy atom. The number of carbonyl (C=O) groups is 2. The van der Waals surface area contributed by atoms with Crippen LogP contribution in [0.4, 0.5) is 24.5 Å². The van der Waals surface area contributed by atoms with Crippen LogP contribution in [-0.2, 0) is 28.7 Å². The van der Waals surface area contributed by atoms with E-state index in [1.807, 2.05) is 36.4 Å². The van der Waals surface area contributed by atoms with Crippen molar-refractivity contribution in [2.24, 2.45) is 0 Å². The number of fused-ring (bicyclic) bond motifs is 1. The summed E-state index contributed by atoms with van der Waals surface area (Å²) < 4.78 is 39.6. The predicted molar refractivity (Wildman–Crippen MR) is 151 cm³/mol. The number of nitrogens with zero attached hydrogens (tertiary/aromatic N) is 3. The van der Waals surface area contributed by atoms with E-state index in [0.29, 0.717) is 17.8 Å². The molecule has 5 rings (SSSR count). The molecule has 5 nitrogen and oxygen atoms in total. The fraction of sp³-hybridized carbons (Fsp3) is 0.312. The zero-order chi connectivity index (χ0) is 28.3. The third kappa shape index (κ3) is 6.28. The summed E-state index contributed by atoms with van der Waals surface area (Å²) in [6, 6.07) is 20.9. The monoisotopic (exact) mass is 547 g/mol. The van der Waals surface area contributed by atoms with Crippen molar-refractivity contribution in [3.63, 3.8) is 0 Å². The first-order chi connectivity index (χ1) is 19.2. The lowest BCUT2D eigenvalue weighted by molar-refractivity contribution is -0.137. The Morgan fingerprint density at radius 1 is 0.950 bits per heavy atom. The van der Waals surface area contributed by atoms with Crippen molar-refractivity contribution >= 4 is 29.3 Å². The number of benzene rings is 3. The van der Waals surface area contributed by atoms with E-state index in [1.165, 1.54) is 30.7 Å². The molecule has 2 aliphatic heterocycles. The molecular formula is C32H32F3N3O2. The first-order valence-corrected chi connectivity index (χ1v) is 13.5. The number of amides is 2. The van der Waals surface area contributed by atoms with Crippen LogP contribution in [0.15, 0.2) is 78.9 Å². The standard InChI is InChI=1S/C32H32F3N3O2/c1-23(39)37-19-14-26-11-12-29(21-30(26)37)38(28-15-17-36(18-16-28)22-25-6-3-2-4-7-25)31(40)13-10-24-8-5-9-27(20-24)32(33,34)35/h2-13,20-21,28H,14-19,22H2,1H3. The molecule has 0 radical (unpaired) electrons. The minimum absolute atomic E-state index is 0.0487. The predicted octanol–water partition coefficient (Wildman–Crippen LogP) is 6.33. The number of halogens is 3. The minimum Gasteiger partial charge on any atom is -0.312 e. The van der Waals surface area contributed by atoms with Crippen LogP contribution in [0, 0.1) is 0 Å². The number of likely N-dealkylation sites (tertiary alicyclic amines) is 1. The Hall–Kier alpha value is -3.91. The number of rotatable bonds is 6. The highest BCUT2D eigenvalue weighted by Gasteiger charge is 2.32. The molecule has 208 valence electrons. The van der Waals surface area contributed by atoms with Gasteiger partial charge in [-0.3, -0.25) is 14.5 Å². The van der Waals surface area contributed by atoms with Gasteiger partial charge in [-0.25, -0.2) is 0 Å². The molecule has 0 spiro atoms. The quantitative estimate of drug-likeness (QED) is 0.339. The summed E-state index contributed by atoms with van der Waals surface area (Å²) in [5.41, 5.74) is 3.34. The minimum atomic E-state index is -4.46. The van der Waals surface area contributed by atoms with E-state index in [0.717, 1.165) is 62.3 Å². The van der Waals surface area contributed by atoms with E-state index >= 15 is 0 Å². The molecule has 1 saturated heterocycles. The van der Waals surface area contributed by atoms with E-state index in [4.69, 9.17) is 0 Å². The first-order valence-electron chi connectivity index (χ1n) is 13.5. The molecule has 40 heavy (non-hydrogen) atoms. The number of hydrogen-bond acceptors (Lipinski definition) is 3. The molecule has 3 aromatic carbocycles. The van der Waals surface area contributed by atoms with Crippen LogP contribution in [0.2, 0.25) is 0 Å². The van der Waals surface area contributed by atoms with Gasteiger partial charge in [0, 0.05) is 56.6 Å². The molecule has 8 heteroatoms. The molecule has 3 aromatic rings. The van der Waals surface area contributed by atoms with E-state index in [-0.39, 0.29) is 17.9 Å². The molecule has 0 atom stereocenters. The highest BCUT2D eigenvalue weighted by atomic mass is 19.4. The lowest BCUT2D eigenvalue weighted by Crippen LogP contribution is -2.47. The maximum Gasteiger partial charge on any atom is 0.416 e. The molecule has 2 heterocycles. The second-order valence-corrected chi connectivity index (χ2v) is 10.4. The Balaban J connectivity index is 1.40. The van der Waals surface area contributed by atoms with E-state index in [9.17, 15) is 22.8 Å². The highest BCUT2D eigenvalue weighted by Crippen LogP contribution is 2.35. The van der Waals surface area contributed by atoms with Crippen LogP contribution in [0.1, 0.15) is 42.0 Å². The summed E-state index contributed by atoms with van der Waals surface area (Å²) in [4.78, 5) is 31.8. The highest BCUT2D eigenvalue weighted by molar-refractivity contribution is 6.05. The molecule has 2 amide bonds. The van der Waals surface area contributed by atoms with Gasteiger partial charge in [0.2, 0.25) is 5.91 Å². The molecule has 1 fully saturated rings. The van der Waals surface area contributed by atoms with Crippen LogP contribution in [0.25, 0.3) is 6.08 Å². The van der Waals surface area contributed by atoms with Crippen molar-refractivity contribution in [2.75, 3.05) is 29.4 Å². The van der Waals surface area contributed by atoms with Gasteiger partial charge in [-0.15, -0.1) is 0 Å². The van der Waals surface area contributed by atoms with Crippen LogP contribution >= 0.6 is 0 Å². The number of carbonyl (C=O) groups excluding carboxylic acids is 2. The number of piperidine rings is 1. The number of alkyl halides is 3. The topological polar surface area (TPSA) is 43.9 Å². The number of anilines is 2. The molecule has 2 aliphatic rings. The Kier molecular flexibility index (Phi) is 8.07. The van der Waals surface area contributed by atoms with Gasteiger partial charge < -0.3 is 9.80 Å². The molecule has 0 bridgehead atoms. The maximum atomic E-state index is 13.7. The van der Waals surface area contributed by atoms with Gasteiger partial charge in [-0.05, 0) is 66.3 Å². The van der Waals surface area contributed by atoms with Crippen molar-refractivity contribution in [2.45, 2.75) is 44.9 Å². The summed E-state index contributed by atoms with van der Waals surface area (Å²) >= 11 is 0. The van der Waals surface area contributed by atoms with E-state index < -0.39 is 11.7 Å². The fourth-order valence-corrected chi connectivity index (χ4v) is 5.61.